The zero-order chi connectivity index (χ0) is 22.9. The zero-order valence-electron chi connectivity index (χ0n) is 18.3. The minimum Gasteiger partial charge on any atom is -0.497 e. The van der Waals surface area contributed by atoms with Crippen LogP contribution in [0.5, 0.6) is 5.75 Å². The summed E-state index contributed by atoms with van der Waals surface area (Å²) in [6.07, 6.45) is 0.726. The van der Waals surface area contributed by atoms with Gasteiger partial charge in [0.1, 0.15) is 16.8 Å². The Morgan fingerprint density at radius 1 is 1.06 bits per heavy atom. The summed E-state index contributed by atoms with van der Waals surface area (Å²) in [6.45, 7) is 4.27. The van der Waals surface area contributed by atoms with Crippen LogP contribution in [0.4, 0.5) is 9.93 Å². The standard InChI is InChI=1S/C23H27N5O3S/c1-4-15(2)19(25-22(30)24-14-16-8-6-5-7-9-16)20(29)26-23-28-27-21(32-23)17-10-12-18(31-3)13-11-17/h5-13,15,19H,4,14H2,1-3H3,(H2,24,25,30)(H,26,28,29)/t15-,19+/m1/s1. The Morgan fingerprint density at radius 3 is 2.44 bits per heavy atom. The van der Waals surface area contributed by atoms with E-state index in [9.17, 15) is 9.59 Å². The number of aromatic nitrogens is 2. The Balaban J connectivity index is 1.61. The Kier molecular flexibility index (Phi) is 8.15. The number of benzene rings is 2. The van der Waals surface area contributed by atoms with Gasteiger partial charge >= 0.3 is 6.03 Å². The van der Waals surface area contributed by atoms with Gasteiger partial charge in [-0.05, 0) is 35.7 Å². The van der Waals surface area contributed by atoms with Gasteiger partial charge in [0.05, 0.1) is 7.11 Å². The van der Waals surface area contributed by atoms with Gasteiger partial charge < -0.3 is 15.4 Å². The molecule has 0 unspecified atom stereocenters. The van der Waals surface area contributed by atoms with E-state index in [1.165, 1.54) is 11.3 Å². The summed E-state index contributed by atoms with van der Waals surface area (Å²) in [7, 11) is 1.61. The highest BCUT2D eigenvalue weighted by Gasteiger charge is 2.27. The zero-order valence-corrected chi connectivity index (χ0v) is 19.1. The molecule has 0 spiro atoms. The van der Waals surface area contributed by atoms with Crippen molar-refractivity contribution in [3.63, 3.8) is 0 Å². The highest BCUT2D eigenvalue weighted by molar-refractivity contribution is 7.18. The Labute approximate surface area is 191 Å². The Bertz CT molecular complexity index is 1020. The van der Waals surface area contributed by atoms with Gasteiger partial charge in [-0.1, -0.05) is 61.9 Å². The molecule has 3 amide bonds. The molecule has 0 aliphatic heterocycles. The second-order valence-corrected chi connectivity index (χ2v) is 8.28. The summed E-state index contributed by atoms with van der Waals surface area (Å²) >= 11 is 1.27. The van der Waals surface area contributed by atoms with Crippen molar-refractivity contribution < 1.29 is 14.3 Å². The number of methoxy groups -OCH3 is 1. The van der Waals surface area contributed by atoms with Crippen molar-refractivity contribution in [2.24, 2.45) is 5.92 Å². The average Bonchev–Trinajstić information content (AvgIpc) is 3.29. The molecule has 0 saturated heterocycles. The van der Waals surface area contributed by atoms with E-state index in [0.29, 0.717) is 16.7 Å². The number of hydrogen-bond donors (Lipinski definition) is 3. The van der Waals surface area contributed by atoms with Crippen LogP contribution in [0.2, 0.25) is 0 Å². The van der Waals surface area contributed by atoms with Crippen LogP contribution in [0.3, 0.4) is 0 Å². The van der Waals surface area contributed by atoms with Gasteiger partial charge in [-0.2, -0.15) is 0 Å². The van der Waals surface area contributed by atoms with Crippen LogP contribution in [0.15, 0.2) is 54.6 Å². The van der Waals surface area contributed by atoms with Gasteiger partial charge in [0, 0.05) is 12.1 Å². The lowest BCUT2D eigenvalue weighted by Crippen LogP contribution is -2.50. The van der Waals surface area contributed by atoms with Crippen molar-refractivity contribution >= 4 is 28.4 Å². The fourth-order valence-electron chi connectivity index (χ4n) is 2.98. The molecule has 1 aromatic heterocycles. The van der Waals surface area contributed by atoms with Crippen molar-refractivity contribution in [1.29, 1.82) is 0 Å². The van der Waals surface area contributed by atoms with E-state index in [4.69, 9.17) is 4.74 Å². The molecule has 0 bridgehead atoms. The number of hydrogen-bond acceptors (Lipinski definition) is 6. The molecule has 2 atom stereocenters. The van der Waals surface area contributed by atoms with Crippen molar-refractivity contribution in [2.45, 2.75) is 32.9 Å². The van der Waals surface area contributed by atoms with Gasteiger partial charge in [0.2, 0.25) is 11.0 Å². The van der Waals surface area contributed by atoms with Crippen molar-refractivity contribution in [3.8, 4) is 16.3 Å². The van der Waals surface area contributed by atoms with Crippen LogP contribution >= 0.6 is 11.3 Å². The maximum absolute atomic E-state index is 12.9. The van der Waals surface area contributed by atoms with Gasteiger partial charge in [-0.25, -0.2) is 4.79 Å². The quantitative estimate of drug-likeness (QED) is 0.453. The second-order valence-electron chi connectivity index (χ2n) is 7.31. The van der Waals surface area contributed by atoms with E-state index in [1.54, 1.807) is 7.11 Å². The first-order valence-corrected chi connectivity index (χ1v) is 11.2. The number of rotatable bonds is 9. The highest BCUT2D eigenvalue weighted by atomic mass is 32.1. The molecular weight excluding hydrogens is 426 g/mol. The van der Waals surface area contributed by atoms with Gasteiger partial charge in [-0.3, -0.25) is 10.1 Å². The largest absolute Gasteiger partial charge is 0.497 e. The van der Waals surface area contributed by atoms with Crippen LogP contribution < -0.4 is 20.7 Å². The van der Waals surface area contributed by atoms with Gasteiger partial charge in [-0.15, -0.1) is 10.2 Å². The number of carbonyl (C=O) groups excluding carboxylic acids is 2. The number of nitrogens with one attached hydrogen (secondary N) is 3. The lowest BCUT2D eigenvalue weighted by molar-refractivity contribution is -0.119. The van der Waals surface area contributed by atoms with Crippen LogP contribution in [0.25, 0.3) is 10.6 Å². The molecule has 1 heterocycles. The van der Waals surface area contributed by atoms with Crippen LogP contribution in [0.1, 0.15) is 25.8 Å². The van der Waals surface area contributed by atoms with Crippen LogP contribution in [-0.4, -0.2) is 35.3 Å². The predicted molar refractivity (Wildman–Crippen MR) is 126 cm³/mol. The first kappa shape index (κ1) is 23.2. The molecular formula is C23H27N5O3S. The van der Waals surface area contributed by atoms with E-state index in [-0.39, 0.29) is 11.8 Å². The SMILES string of the molecule is CC[C@@H](C)[C@H](NC(=O)NCc1ccccc1)C(=O)Nc1nnc(-c2ccc(OC)cc2)s1. The molecule has 0 aliphatic carbocycles. The summed E-state index contributed by atoms with van der Waals surface area (Å²) < 4.78 is 5.17. The van der Waals surface area contributed by atoms with E-state index in [1.807, 2.05) is 68.4 Å². The molecule has 3 aromatic rings. The fourth-order valence-corrected chi connectivity index (χ4v) is 3.73. The van der Waals surface area contributed by atoms with E-state index in [0.717, 1.165) is 23.3 Å². The molecule has 0 saturated carbocycles. The van der Waals surface area contributed by atoms with Gasteiger partial charge in [0.15, 0.2) is 0 Å². The second kappa shape index (κ2) is 11.2. The molecule has 9 heteroatoms. The maximum Gasteiger partial charge on any atom is 0.315 e. The minimum absolute atomic E-state index is 0.0635. The smallest absolute Gasteiger partial charge is 0.315 e. The molecule has 0 fully saturated rings. The number of carbonyl (C=O) groups is 2. The molecule has 8 nitrogen and oxygen atoms in total. The average molecular weight is 454 g/mol. The summed E-state index contributed by atoms with van der Waals surface area (Å²) in [5, 5.41) is 17.7. The summed E-state index contributed by atoms with van der Waals surface area (Å²) in [6, 6.07) is 15.9. The lowest BCUT2D eigenvalue weighted by Gasteiger charge is -2.23. The highest BCUT2D eigenvalue weighted by Crippen LogP contribution is 2.28. The number of amides is 3. The van der Waals surface area contributed by atoms with E-state index >= 15 is 0 Å². The monoisotopic (exact) mass is 453 g/mol. The number of urea groups is 1. The minimum atomic E-state index is -0.705. The van der Waals surface area contributed by atoms with Crippen molar-refractivity contribution in [3.05, 3.63) is 60.2 Å². The van der Waals surface area contributed by atoms with E-state index < -0.39 is 12.1 Å². The third-order valence-electron chi connectivity index (χ3n) is 5.07. The first-order valence-electron chi connectivity index (χ1n) is 10.4. The normalized spacial score (nSPS) is 12.5. The van der Waals surface area contributed by atoms with Gasteiger partial charge in [0.25, 0.3) is 0 Å². The Morgan fingerprint density at radius 2 is 1.78 bits per heavy atom. The summed E-state index contributed by atoms with van der Waals surface area (Å²) in [4.78, 5) is 25.3. The molecule has 168 valence electrons. The molecule has 0 aliphatic rings. The Hall–Kier alpha value is -3.46. The molecule has 3 N–H and O–H groups in total. The number of nitrogens with zero attached hydrogens (tertiary/aromatic N) is 2. The topological polar surface area (TPSA) is 105 Å². The lowest BCUT2D eigenvalue weighted by atomic mass is 9.98. The third-order valence-corrected chi connectivity index (χ3v) is 5.96. The van der Waals surface area contributed by atoms with Crippen molar-refractivity contribution in [2.75, 3.05) is 12.4 Å². The predicted octanol–water partition coefficient (Wildman–Crippen LogP) is 4.07. The van der Waals surface area contributed by atoms with E-state index in [2.05, 4.69) is 26.1 Å². The third kappa shape index (κ3) is 6.27. The number of ether oxygens (including phenoxy) is 1. The molecule has 2 aromatic carbocycles. The summed E-state index contributed by atoms with van der Waals surface area (Å²) in [5.74, 6) is 0.359. The van der Waals surface area contributed by atoms with Crippen molar-refractivity contribution in [1.82, 2.24) is 20.8 Å². The maximum atomic E-state index is 12.9. The molecule has 32 heavy (non-hydrogen) atoms. The van der Waals surface area contributed by atoms with Crippen LogP contribution in [0, 0.1) is 5.92 Å². The molecule has 3 rings (SSSR count). The first-order chi connectivity index (χ1) is 15.5. The fraction of sp³-hybridized carbons (Fsp3) is 0.304. The molecule has 0 radical (unpaired) electrons. The van der Waals surface area contributed by atoms with Crippen LogP contribution in [-0.2, 0) is 11.3 Å². The number of anilines is 1. The summed E-state index contributed by atoms with van der Waals surface area (Å²) in [5.41, 5.74) is 1.85.